The highest BCUT2D eigenvalue weighted by atomic mass is 16.6. The van der Waals surface area contributed by atoms with Crippen molar-refractivity contribution in [1.29, 1.82) is 0 Å². The summed E-state index contributed by atoms with van der Waals surface area (Å²) in [6, 6.07) is 8.30. The quantitative estimate of drug-likeness (QED) is 0.340. The summed E-state index contributed by atoms with van der Waals surface area (Å²) >= 11 is 0. The molecule has 0 heterocycles. The Bertz CT molecular complexity index is 435. The lowest BCUT2D eigenvalue weighted by atomic mass is 10.1. The molecule has 0 saturated heterocycles. The van der Waals surface area contributed by atoms with Gasteiger partial charge in [-0.3, -0.25) is 14.9 Å². The topological polar surface area (TPSA) is 60.2 Å². The highest BCUT2D eigenvalue weighted by Crippen LogP contribution is 2.12. The summed E-state index contributed by atoms with van der Waals surface area (Å²) in [4.78, 5) is 22.1. The molecule has 0 aromatic heterocycles. The Morgan fingerprint density at radius 3 is 2.41 bits per heavy atom. The van der Waals surface area contributed by atoms with Gasteiger partial charge in [0, 0.05) is 5.56 Å². The molecule has 0 amide bonds. The molecule has 1 rings (SSSR count). The average molecular weight is 233 g/mol. The summed E-state index contributed by atoms with van der Waals surface area (Å²) < 4.78 is 0. The minimum Gasteiger partial charge on any atom is -0.282 e. The number of ketones is 1. The van der Waals surface area contributed by atoms with Crippen molar-refractivity contribution in [2.75, 3.05) is 0 Å². The van der Waals surface area contributed by atoms with E-state index in [1.165, 1.54) is 6.08 Å². The predicted molar refractivity (Wildman–Crippen MR) is 65.3 cm³/mol. The van der Waals surface area contributed by atoms with Gasteiger partial charge in [0.1, 0.15) is 0 Å². The van der Waals surface area contributed by atoms with Gasteiger partial charge in [0.2, 0.25) is 0 Å². The Kier molecular flexibility index (Phi) is 4.57. The van der Waals surface area contributed by atoms with Gasteiger partial charge in [0.25, 0.3) is 5.78 Å². The number of carbonyl (C=O) groups excluding carboxylic acids is 1. The molecule has 0 aliphatic carbocycles. The Morgan fingerprint density at radius 1 is 1.35 bits per heavy atom. The minimum absolute atomic E-state index is 0.286. The number of allylic oxidation sites excluding steroid dienone is 2. The molecule has 0 N–H and O–H groups in total. The van der Waals surface area contributed by atoms with Crippen molar-refractivity contribution in [3.63, 3.8) is 0 Å². The molecule has 0 aliphatic rings. The molecule has 0 atom stereocenters. The first-order chi connectivity index (χ1) is 8.02. The standard InChI is InChI=1S/C13H15NO3/c1-10(2)8-9-12(14(16)17)13(15)11-6-4-3-5-7-11/h3-7,9-10H,8H2,1-2H3/b12-9+. The van der Waals surface area contributed by atoms with E-state index in [-0.39, 0.29) is 11.6 Å². The van der Waals surface area contributed by atoms with Gasteiger partial charge in [-0.1, -0.05) is 44.2 Å². The fourth-order valence-electron chi connectivity index (χ4n) is 1.33. The molecule has 90 valence electrons. The lowest BCUT2D eigenvalue weighted by Crippen LogP contribution is -2.12. The van der Waals surface area contributed by atoms with Crippen LogP contribution in [0.5, 0.6) is 0 Å². The first kappa shape index (κ1) is 13.1. The zero-order chi connectivity index (χ0) is 12.8. The van der Waals surface area contributed by atoms with Crippen LogP contribution < -0.4 is 0 Å². The van der Waals surface area contributed by atoms with Crippen molar-refractivity contribution < 1.29 is 9.72 Å². The Morgan fingerprint density at radius 2 is 1.94 bits per heavy atom. The Labute approximate surface area is 100 Å². The molecule has 1 aromatic rings. The number of benzene rings is 1. The lowest BCUT2D eigenvalue weighted by Gasteiger charge is -2.00. The third-order valence-corrected chi connectivity index (χ3v) is 2.25. The van der Waals surface area contributed by atoms with Gasteiger partial charge < -0.3 is 0 Å². The highest BCUT2D eigenvalue weighted by Gasteiger charge is 2.22. The van der Waals surface area contributed by atoms with E-state index in [1.807, 2.05) is 13.8 Å². The minimum atomic E-state index is -0.613. The molecule has 0 radical (unpaired) electrons. The molecule has 0 saturated carbocycles. The van der Waals surface area contributed by atoms with E-state index in [0.29, 0.717) is 12.0 Å². The van der Waals surface area contributed by atoms with Gasteiger partial charge in [0.15, 0.2) is 0 Å². The summed E-state index contributed by atoms with van der Waals surface area (Å²) in [5, 5.41) is 10.8. The number of rotatable bonds is 5. The van der Waals surface area contributed by atoms with E-state index < -0.39 is 10.7 Å². The van der Waals surface area contributed by atoms with E-state index in [1.54, 1.807) is 30.3 Å². The largest absolute Gasteiger partial charge is 0.312 e. The van der Waals surface area contributed by atoms with Crippen molar-refractivity contribution in [3.8, 4) is 0 Å². The molecular formula is C13H15NO3. The third kappa shape index (κ3) is 3.83. The molecule has 1 aromatic carbocycles. The van der Waals surface area contributed by atoms with Crippen LogP contribution in [0.2, 0.25) is 0 Å². The third-order valence-electron chi connectivity index (χ3n) is 2.25. The number of hydrogen-bond donors (Lipinski definition) is 0. The maximum absolute atomic E-state index is 11.9. The lowest BCUT2D eigenvalue weighted by molar-refractivity contribution is -0.417. The highest BCUT2D eigenvalue weighted by molar-refractivity contribution is 6.06. The molecule has 0 spiro atoms. The van der Waals surface area contributed by atoms with Gasteiger partial charge in [-0.05, 0) is 18.4 Å². The van der Waals surface area contributed by atoms with E-state index in [0.717, 1.165) is 0 Å². The summed E-state index contributed by atoms with van der Waals surface area (Å²) in [6.07, 6.45) is 1.93. The van der Waals surface area contributed by atoms with Gasteiger partial charge in [-0.2, -0.15) is 0 Å². The molecule has 0 fully saturated rings. The Balaban J connectivity index is 2.97. The second kappa shape index (κ2) is 5.94. The number of nitrogens with zero attached hydrogens (tertiary/aromatic N) is 1. The molecule has 0 unspecified atom stereocenters. The zero-order valence-electron chi connectivity index (χ0n) is 9.92. The first-order valence-electron chi connectivity index (χ1n) is 5.46. The fraction of sp³-hybridized carbons (Fsp3) is 0.308. The van der Waals surface area contributed by atoms with Crippen molar-refractivity contribution >= 4 is 5.78 Å². The maximum Gasteiger partial charge on any atom is 0.312 e. The van der Waals surface area contributed by atoms with Crippen LogP contribution in [0, 0.1) is 16.0 Å². The van der Waals surface area contributed by atoms with Gasteiger partial charge in [0.05, 0.1) is 4.92 Å². The van der Waals surface area contributed by atoms with Crippen LogP contribution in [0.4, 0.5) is 0 Å². The summed E-state index contributed by atoms with van der Waals surface area (Å²) in [7, 11) is 0. The fourth-order valence-corrected chi connectivity index (χ4v) is 1.33. The average Bonchev–Trinajstić information content (AvgIpc) is 2.29. The van der Waals surface area contributed by atoms with Crippen molar-refractivity contribution in [2.45, 2.75) is 20.3 Å². The van der Waals surface area contributed by atoms with E-state index in [4.69, 9.17) is 0 Å². The monoisotopic (exact) mass is 233 g/mol. The van der Waals surface area contributed by atoms with E-state index in [9.17, 15) is 14.9 Å². The van der Waals surface area contributed by atoms with Crippen LogP contribution in [0.15, 0.2) is 42.1 Å². The van der Waals surface area contributed by atoms with Crippen molar-refractivity contribution in [2.24, 2.45) is 5.92 Å². The van der Waals surface area contributed by atoms with Gasteiger partial charge in [-0.25, -0.2) is 0 Å². The first-order valence-corrected chi connectivity index (χ1v) is 5.46. The number of carbonyl (C=O) groups is 1. The van der Waals surface area contributed by atoms with E-state index >= 15 is 0 Å². The number of Topliss-reactive ketones (excluding diaryl/α,β-unsaturated/α-hetero) is 1. The van der Waals surface area contributed by atoms with Crippen LogP contribution in [0.3, 0.4) is 0 Å². The van der Waals surface area contributed by atoms with Gasteiger partial charge in [-0.15, -0.1) is 0 Å². The molecule has 4 heteroatoms. The normalized spacial score (nSPS) is 11.6. The molecular weight excluding hydrogens is 218 g/mol. The summed E-state index contributed by atoms with van der Waals surface area (Å²) in [5.74, 6) is -0.246. The van der Waals surface area contributed by atoms with Gasteiger partial charge >= 0.3 is 5.70 Å². The predicted octanol–water partition coefficient (Wildman–Crippen LogP) is 3.08. The molecule has 0 bridgehead atoms. The number of hydrogen-bond acceptors (Lipinski definition) is 3. The van der Waals surface area contributed by atoms with Crippen molar-refractivity contribution in [3.05, 3.63) is 57.8 Å². The van der Waals surface area contributed by atoms with Crippen LogP contribution in [-0.4, -0.2) is 10.7 Å². The van der Waals surface area contributed by atoms with Crippen molar-refractivity contribution in [1.82, 2.24) is 0 Å². The molecule has 4 nitrogen and oxygen atoms in total. The SMILES string of the molecule is CC(C)C/C=C(\C(=O)c1ccccc1)[N+](=O)[O-]. The molecule has 0 aliphatic heterocycles. The zero-order valence-corrected chi connectivity index (χ0v) is 9.92. The van der Waals surface area contributed by atoms with Crippen LogP contribution >= 0.6 is 0 Å². The second-order valence-corrected chi connectivity index (χ2v) is 4.17. The maximum atomic E-state index is 11.9. The smallest absolute Gasteiger partial charge is 0.282 e. The van der Waals surface area contributed by atoms with Crippen LogP contribution in [-0.2, 0) is 0 Å². The summed E-state index contributed by atoms with van der Waals surface area (Å²) in [6.45, 7) is 3.89. The second-order valence-electron chi connectivity index (χ2n) is 4.17. The van der Waals surface area contributed by atoms with E-state index in [2.05, 4.69) is 0 Å². The van der Waals surface area contributed by atoms with Crippen LogP contribution in [0.1, 0.15) is 30.6 Å². The van der Waals surface area contributed by atoms with Crippen LogP contribution in [0.25, 0.3) is 0 Å². The molecule has 17 heavy (non-hydrogen) atoms. The Hall–Kier alpha value is -1.97. The summed E-state index contributed by atoms with van der Waals surface area (Å²) in [5.41, 5.74) is 0.00380. The number of nitro groups is 1.